The van der Waals surface area contributed by atoms with E-state index in [-0.39, 0.29) is 5.78 Å². The number of aromatic nitrogens is 2. The Hall–Kier alpha value is -0.680. The number of ether oxygens (including phenoxy) is 1. The molecule has 0 bridgehead atoms. The highest BCUT2D eigenvalue weighted by Gasteiger charge is 2.15. The summed E-state index contributed by atoms with van der Waals surface area (Å²) in [6, 6.07) is 0. The minimum Gasteiger partial charge on any atom is -0.381 e. The molecular weight excluding hydrogens is 284 g/mol. The van der Waals surface area contributed by atoms with Crippen molar-refractivity contribution in [2.24, 2.45) is 0 Å². The summed E-state index contributed by atoms with van der Waals surface area (Å²) in [5.41, 5.74) is 1.89. The Kier molecular flexibility index (Phi) is 5.85. The van der Waals surface area contributed by atoms with E-state index < -0.39 is 0 Å². The Morgan fingerprint density at radius 3 is 2.76 bits per heavy atom. The fourth-order valence-corrected chi connectivity index (χ4v) is 2.07. The molecule has 1 rings (SSSR count). The van der Waals surface area contributed by atoms with Gasteiger partial charge in [-0.3, -0.25) is 9.48 Å². The maximum atomic E-state index is 11.8. The molecule has 17 heavy (non-hydrogen) atoms. The van der Waals surface area contributed by atoms with E-state index in [4.69, 9.17) is 4.74 Å². The summed E-state index contributed by atoms with van der Waals surface area (Å²) < 4.78 is 8.00. The number of halogens is 1. The number of carbonyl (C=O) groups is 1. The van der Waals surface area contributed by atoms with Crippen molar-refractivity contribution in [2.75, 3.05) is 13.2 Å². The summed E-state index contributed by atoms with van der Waals surface area (Å²) in [5.74, 6) is 0.189. The number of Topliss-reactive ketones (excluding diaryl/α,β-unsaturated/α-hetero) is 1. The lowest BCUT2D eigenvalue weighted by molar-refractivity contribution is -0.119. The van der Waals surface area contributed by atoms with E-state index >= 15 is 0 Å². The molecule has 0 fully saturated rings. The molecule has 4 nitrogen and oxygen atoms in total. The number of aryl methyl sites for hydroxylation is 2. The molecule has 0 radical (unpaired) electrons. The Bertz CT molecular complexity index is 388. The first-order chi connectivity index (χ1) is 8.10. The molecule has 0 unspecified atom stereocenters. The average Bonchev–Trinajstić information content (AvgIpc) is 2.57. The van der Waals surface area contributed by atoms with Gasteiger partial charge in [-0.05, 0) is 36.7 Å². The molecule has 96 valence electrons. The standard InChI is InChI=1S/C12H19BrN2O2/c1-4-15-11(12(13)9(3)14-15)8-10(16)6-7-17-5-2/h4-8H2,1-3H3. The predicted octanol–water partition coefficient (Wildman–Crippen LogP) is 2.51. The molecule has 0 N–H and O–H groups in total. The molecule has 5 heteroatoms. The molecule has 0 amide bonds. The summed E-state index contributed by atoms with van der Waals surface area (Å²) in [6.07, 6.45) is 0.885. The van der Waals surface area contributed by atoms with Gasteiger partial charge in [0.1, 0.15) is 5.78 Å². The van der Waals surface area contributed by atoms with Gasteiger partial charge in [0.25, 0.3) is 0 Å². The summed E-state index contributed by atoms with van der Waals surface area (Å²) in [7, 11) is 0. The van der Waals surface area contributed by atoms with Gasteiger partial charge in [-0.15, -0.1) is 0 Å². The Labute approximate surface area is 110 Å². The monoisotopic (exact) mass is 302 g/mol. The maximum Gasteiger partial charge on any atom is 0.141 e. The van der Waals surface area contributed by atoms with Crippen molar-refractivity contribution in [1.82, 2.24) is 9.78 Å². The minimum atomic E-state index is 0.189. The molecule has 1 heterocycles. The number of hydrogen-bond donors (Lipinski definition) is 0. The molecule has 0 atom stereocenters. The molecule has 0 saturated heterocycles. The van der Waals surface area contributed by atoms with Crippen LogP contribution in [0.1, 0.15) is 31.7 Å². The molecular formula is C12H19BrN2O2. The van der Waals surface area contributed by atoms with Crippen molar-refractivity contribution in [1.29, 1.82) is 0 Å². The molecule has 0 aliphatic carbocycles. The number of rotatable bonds is 7. The van der Waals surface area contributed by atoms with Gasteiger partial charge in [0.15, 0.2) is 0 Å². The van der Waals surface area contributed by atoms with Crippen LogP contribution in [0.5, 0.6) is 0 Å². The van der Waals surface area contributed by atoms with Crippen molar-refractivity contribution in [2.45, 2.75) is 40.2 Å². The average molecular weight is 303 g/mol. The van der Waals surface area contributed by atoms with Crippen LogP contribution in [0.15, 0.2) is 4.47 Å². The number of carbonyl (C=O) groups excluding carboxylic acids is 1. The van der Waals surface area contributed by atoms with Crippen LogP contribution in [0.2, 0.25) is 0 Å². The van der Waals surface area contributed by atoms with Crippen molar-refractivity contribution < 1.29 is 9.53 Å². The van der Waals surface area contributed by atoms with E-state index in [1.54, 1.807) is 0 Å². The zero-order valence-electron chi connectivity index (χ0n) is 10.6. The van der Waals surface area contributed by atoms with Crippen LogP contribution in [-0.2, 0) is 22.5 Å². The Morgan fingerprint density at radius 2 is 2.18 bits per heavy atom. The number of ketones is 1. The van der Waals surface area contributed by atoms with E-state index in [2.05, 4.69) is 21.0 Å². The van der Waals surface area contributed by atoms with Crippen LogP contribution in [0, 0.1) is 6.92 Å². The summed E-state index contributed by atoms with van der Waals surface area (Å²) in [5, 5.41) is 4.36. The van der Waals surface area contributed by atoms with E-state index in [1.165, 1.54) is 0 Å². The van der Waals surface area contributed by atoms with Gasteiger partial charge in [0.05, 0.1) is 22.5 Å². The Morgan fingerprint density at radius 1 is 1.47 bits per heavy atom. The summed E-state index contributed by atoms with van der Waals surface area (Å²) in [6.45, 7) is 7.82. The third-order valence-corrected chi connectivity index (χ3v) is 3.58. The summed E-state index contributed by atoms with van der Waals surface area (Å²) in [4.78, 5) is 11.8. The molecule has 0 spiro atoms. The number of nitrogens with zero attached hydrogens (tertiary/aromatic N) is 2. The fourth-order valence-electron chi connectivity index (χ4n) is 1.64. The third kappa shape index (κ3) is 3.92. The normalized spacial score (nSPS) is 10.8. The highest BCUT2D eigenvalue weighted by atomic mass is 79.9. The van der Waals surface area contributed by atoms with Crippen molar-refractivity contribution in [3.05, 3.63) is 15.9 Å². The SMILES string of the molecule is CCOCCC(=O)Cc1c(Br)c(C)nn1CC. The molecule has 1 aromatic heterocycles. The van der Waals surface area contributed by atoms with Crippen LogP contribution in [0.4, 0.5) is 0 Å². The highest BCUT2D eigenvalue weighted by Crippen LogP contribution is 2.21. The first kappa shape index (κ1) is 14.4. The summed E-state index contributed by atoms with van der Waals surface area (Å²) >= 11 is 3.49. The van der Waals surface area contributed by atoms with E-state index in [1.807, 2.05) is 25.5 Å². The third-order valence-electron chi connectivity index (χ3n) is 2.55. The van der Waals surface area contributed by atoms with Crippen LogP contribution in [0.25, 0.3) is 0 Å². The van der Waals surface area contributed by atoms with Gasteiger partial charge < -0.3 is 4.74 Å². The quantitative estimate of drug-likeness (QED) is 0.727. The predicted molar refractivity (Wildman–Crippen MR) is 70.2 cm³/mol. The lowest BCUT2D eigenvalue weighted by Gasteiger charge is -2.05. The van der Waals surface area contributed by atoms with Crippen LogP contribution in [0.3, 0.4) is 0 Å². The van der Waals surface area contributed by atoms with Crippen molar-refractivity contribution in [3.63, 3.8) is 0 Å². The molecule has 0 aromatic carbocycles. The lowest BCUT2D eigenvalue weighted by atomic mass is 10.1. The van der Waals surface area contributed by atoms with Gasteiger partial charge in [-0.25, -0.2) is 0 Å². The minimum absolute atomic E-state index is 0.189. The van der Waals surface area contributed by atoms with E-state index in [9.17, 15) is 4.79 Å². The highest BCUT2D eigenvalue weighted by molar-refractivity contribution is 9.10. The second-order valence-corrected chi connectivity index (χ2v) is 4.62. The smallest absolute Gasteiger partial charge is 0.141 e. The van der Waals surface area contributed by atoms with E-state index in [0.29, 0.717) is 26.1 Å². The van der Waals surface area contributed by atoms with Crippen LogP contribution >= 0.6 is 15.9 Å². The van der Waals surface area contributed by atoms with Crippen LogP contribution in [-0.4, -0.2) is 28.8 Å². The molecule has 1 aromatic rings. The topological polar surface area (TPSA) is 44.1 Å². The first-order valence-corrected chi connectivity index (χ1v) is 6.70. The zero-order valence-corrected chi connectivity index (χ0v) is 12.2. The van der Waals surface area contributed by atoms with Gasteiger partial charge in [-0.1, -0.05) is 0 Å². The zero-order chi connectivity index (χ0) is 12.8. The van der Waals surface area contributed by atoms with Gasteiger partial charge in [-0.2, -0.15) is 5.10 Å². The van der Waals surface area contributed by atoms with Crippen LogP contribution < -0.4 is 0 Å². The van der Waals surface area contributed by atoms with Crippen molar-refractivity contribution >= 4 is 21.7 Å². The second-order valence-electron chi connectivity index (χ2n) is 3.82. The number of hydrogen-bond acceptors (Lipinski definition) is 3. The van der Waals surface area contributed by atoms with E-state index in [0.717, 1.165) is 22.4 Å². The maximum absolute atomic E-state index is 11.8. The fraction of sp³-hybridized carbons (Fsp3) is 0.667. The molecule has 0 aliphatic rings. The largest absolute Gasteiger partial charge is 0.381 e. The molecule has 0 aliphatic heterocycles. The molecule has 0 saturated carbocycles. The van der Waals surface area contributed by atoms with Gasteiger partial charge in [0.2, 0.25) is 0 Å². The first-order valence-electron chi connectivity index (χ1n) is 5.91. The van der Waals surface area contributed by atoms with Crippen molar-refractivity contribution in [3.8, 4) is 0 Å². The Balaban J connectivity index is 2.64. The van der Waals surface area contributed by atoms with Gasteiger partial charge >= 0.3 is 0 Å². The second kappa shape index (κ2) is 6.91. The lowest BCUT2D eigenvalue weighted by Crippen LogP contribution is -2.11. The van der Waals surface area contributed by atoms with Gasteiger partial charge in [0, 0.05) is 26.0 Å².